The van der Waals surface area contributed by atoms with Gasteiger partial charge in [-0.1, -0.05) is 22.0 Å². The van der Waals surface area contributed by atoms with E-state index >= 15 is 0 Å². The van der Waals surface area contributed by atoms with Crippen molar-refractivity contribution < 1.29 is 9.53 Å². The van der Waals surface area contributed by atoms with Crippen LogP contribution in [0.1, 0.15) is 17.7 Å². The lowest BCUT2D eigenvalue weighted by atomic mass is 10.3. The number of benzene rings is 1. The van der Waals surface area contributed by atoms with Crippen molar-refractivity contribution >= 4 is 33.2 Å². The molecular weight excluding hydrogens is 338 g/mol. The van der Waals surface area contributed by atoms with E-state index in [0.717, 1.165) is 10.2 Å². The number of hydrogen-bond acceptors (Lipinski definition) is 3. The van der Waals surface area contributed by atoms with Crippen molar-refractivity contribution in [1.29, 1.82) is 0 Å². The Kier molecular flexibility index (Phi) is 6.08. The summed E-state index contributed by atoms with van der Waals surface area (Å²) in [6, 6.07) is 11.7. The molecule has 0 aliphatic carbocycles. The van der Waals surface area contributed by atoms with Crippen LogP contribution in [0.3, 0.4) is 0 Å². The summed E-state index contributed by atoms with van der Waals surface area (Å²) in [6.07, 6.45) is 1.20. The molecule has 1 aromatic carbocycles. The minimum absolute atomic E-state index is 0.0674. The van der Waals surface area contributed by atoms with Crippen molar-refractivity contribution in [3.8, 4) is 5.75 Å². The highest BCUT2D eigenvalue weighted by Gasteiger charge is 2.02. The first-order valence-corrected chi connectivity index (χ1v) is 8.09. The van der Waals surface area contributed by atoms with E-state index in [1.54, 1.807) is 11.3 Å². The lowest BCUT2D eigenvalue weighted by Gasteiger charge is -2.06. The highest BCUT2D eigenvalue weighted by atomic mass is 79.9. The van der Waals surface area contributed by atoms with Crippen molar-refractivity contribution in [2.45, 2.75) is 19.4 Å². The van der Waals surface area contributed by atoms with Gasteiger partial charge < -0.3 is 10.1 Å². The molecule has 106 valence electrons. The normalized spacial score (nSPS) is 10.2. The van der Waals surface area contributed by atoms with E-state index in [1.807, 2.05) is 41.8 Å². The predicted molar refractivity (Wildman–Crippen MR) is 85.0 cm³/mol. The number of thiophene rings is 1. The van der Waals surface area contributed by atoms with Crippen LogP contribution in [0.5, 0.6) is 5.75 Å². The summed E-state index contributed by atoms with van der Waals surface area (Å²) in [5.74, 6) is 0.894. The van der Waals surface area contributed by atoms with Gasteiger partial charge in [-0.3, -0.25) is 4.79 Å². The summed E-state index contributed by atoms with van der Waals surface area (Å²) in [7, 11) is 0. The fraction of sp³-hybridized carbons (Fsp3) is 0.267. The number of rotatable bonds is 7. The maximum atomic E-state index is 11.6. The number of halogens is 1. The van der Waals surface area contributed by atoms with Gasteiger partial charge in [-0.25, -0.2) is 0 Å². The molecule has 1 amide bonds. The molecular formula is C15H16BrNO2S. The fourth-order valence-corrected chi connectivity index (χ4v) is 2.55. The Balaban J connectivity index is 1.58. The molecule has 0 aliphatic rings. The summed E-state index contributed by atoms with van der Waals surface area (Å²) < 4.78 is 6.59. The van der Waals surface area contributed by atoms with Crippen LogP contribution in [-0.4, -0.2) is 12.5 Å². The van der Waals surface area contributed by atoms with E-state index in [2.05, 4.69) is 21.2 Å². The second-order valence-electron chi connectivity index (χ2n) is 4.26. The number of nitrogens with one attached hydrogen (secondary N) is 1. The topological polar surface area (TPSA) is 38.3 Å². The standard InChI is InChI=1S/C15H16BrNO2S/c16-12-5-7-13(8-6-12)19-9-1-4-15(18)17-11-14-3-2-10-20-14/h2-3,5-8,10H,1,4,9,11H2,(H,17,18). The highest BCUT2D eigenvalue weighted by Crippen LogP contribution is 2.16. The largest absolute Gasteiger partial charge is 0.494 e. The molecule has 5 heteroatoms. The van der Waals surface area contributed by atoms with Crippen LogP contribution in [-0.2, 0) is 11.3 Å². The zero-order valence-electron chi connectivity index (χ0n) is 11.0. The van der Waals surface area contributed by atoms with Crippen molar-refractivity contribution in [1.82, 2.24) is 5.32 Å². The summed E-state index contributed by atoms with van der Waals surface area (Å²) in [5.41, 5.74) is 0. The molecule has 1 aromatic heterocycles. The number of carbonyl (C=O) groups excluding carboxylic acids is 1. The predicted octanol–water partition coefficient (Wildman–Crippen LogP) is 3.99. The Labute approximate surface area is 131 Å². The molecule has 2 rings (SSSR count). The molecule has 0 unspecified atom stereocenters. The third-order valence-corrected chi connectivity index (χ3v) is 4.08. The van der Waals surface area contributed by atoms with E-state index in [4.69, 9.17) is 4.74 Å². The summed E-state index contributed by atoms with van der Waals surface area (Å²) in [6.45, 7) is 1.16. The molecule has 0 saturated heterocycles. The van der Waals surface area contributed by atoms with Gasteiger partial charge in [0.05, 0.1) is 13.2 Å². The minimum Gasteiger partial charge on any atom is -0.494 e. The highest BCUT2D eigenvalue weighted by molar-refractivity contribution is 9.10. The van der Waals surface area contributed by atoms with Crippen LogP contribution in [0, 0.1) is 0 Å². The Morgan fingerprint density at radius 1 is 1.25 bits per heavy atom. The average molecular weight is 354 g/mol. The van der Waals surface area contributed by atoms with Crippen LogP contribution in [0.15, 0.2) is 46.3 Å². The van der Waals surface area contributed by atoms with Crippen LogP contribution >= 0.6 is 27.3 Å². The van der Waals surface area contributed by atoms with E-state index < -0.39 is 0 Å². The van der Waals surface area contributed by atoms with E-state index in [9.17, 15) is 4.79 Å². The number of hydrogen-bond donors (Lipinski definition) is 1. The van der Waals surface area contributed by atoms with Gasteiger partial charge in [0.2, 0.25) is 5.91 Å². The van der Waals surface area contributed by atoms with Crippen molar-refractivity contribution in [3.05, 3.63) is 51.1 Å². The number of ether oxygens (including phenoxy) is 1. The molecule has 20 heavy (non-hydrogen) atoms. The fourth-order valence-electron chi connectivity index (χ4n) is 1.64. The Hall–Kier alpha value is -1.33. The first-order chi connectivity index (χ1) is 9.74. The van der Waals surface area contributed by atoms with Crippen LogP contribution in [0.4, 0.5) is 0 Å². The zero-order chi connectivity index (χ0) is 14.2. The first kappa shape index (κ1) is 15.1. The van der Waals surface area contributed by atoms with Crippen LogP contribution in [0.25, 0.3) is 0 Å². The van der Waals surface area contributed by atoms with Gasteiger partial charge in [-0.15, -0.1) is 11.3 Å². The van der Waals surface area contributed by atoms with Gasteiger partial charge >= 0.3 is 0 Å². The Morgan fingerprint density at radius 3 is 2.75 bits per heavy atom. The molecule has 0 radical (unpaired) electrons. The van der Waals surface area contributed by atoms with E-state index in [0.29, 0.717) is 26.0 Å². The lowest BCUT2D eigenvalue weighted by molar-refractivity contribution is -0.121. The molecule has 0 aliphatic heterocycles. The smallest absolute Gasteiger partial charge is 0.220 e. The monoisotopic (exact) mass is 353 g/mol. The first-order valence-electron chi connectivity index (χ1n) is 6.41. The van der Waals surface area contributed by atoms with Crippen molar-refractivity contribution in [3.63, 3.8) is 0 Å². The third-order valence-electron chi connectivity index (χ3n) is 2.67. The molecule has 2 aromatic rings. The third kappa shape index (κ3) is 5.35. The second-order valence-corrected chi connectivity index (χ2v) is 6.21. The second kappa shape index (κ2) is 8.07. The maximum absolute atomic E-state index is 11.6. The molecule has 0 spiro atoms. The van der Waals surface area contributed by atoms with Gasteiger partial charge in [-0.05, 0) is 42.1 Å². The molecule has 3 nitrogen and oxygen atoms in total. The number of carbonyl (C=O) groups is 1. The zero-order valence-corrected chi connectivity index (χ0v) is 13.4. The summed E-state index contributed by atoms with van der Waals surface area (Å²) >= 11 is 5.02. The SMILES string of the molecule is O=C(CCCOc1ccc(Br)cc1)NCc1cccs1. The quantitative estimate of drug-likeness (QED) is 0.764. The molecule has 0 atom stereocenters. The van der Waals surface area contributed by atoms with Crippen LogP contribution < -0.4 is 10.1 Å². The Morgan fingerprint density at radius 2 is 2.05 bits per heavy atom. The van der Waals surface area contributed by atoms with Gasteiger partial charge in [0.25, 0.3) is 0 Å². The van der Waals surface area contributed by atoms with Gasteiger partial charge in [-0.2, -0.15) is 0 Å². The van der Waals surface area contributed by atoms with E-state index in [-0.39, 0.29) is 5.91 Å². The molecule has 1 heterocycles. The molecule has 0 bridgehead atoms. The van der Waals surface area contributed by atoms with Crippen LogP contribution in [0.2, 0.25) is 0 Å². The van der Waals surface area contributed by atoms with Gasteiger partial charge in [0.15, 0.2) is 0 Å². The van der Waals surface area contributed by atoms with Crippen molar-refractivity contribution in [2.75, 3.05) is 6.61 Å². The molecule has 0 fully saturated rings. The van der Waals surface area contributed by atoms with Gasteiger partial charge in [0, 0.05) is 15.8 Å². The van der Waals surface area contributed by atoms with E-state index in [1.165, 1.54) is 4.88 Å². The maximum Gasteiger partial charge on any atom is 0.220 e. The average Bonchev–Trinajstić information content (AvgIpc) is 2.96. The summed E-state index contributed by atoms with van der Waals surface area (Å²) in [5, 5.41) is 4.91. The van der Waals surface area contributed by atoms with Gasteiger partial charge in [0.1, 0.15) is 5.75 Å². The summed E-state index contributed by atoms with van der Waals surface area (Å²) in [4.78, 5) is 12.8. The molecule has 0 saturated carbocycles. The minimum atomic E-state index is 0.0674. The lowest BCUT2D eigenvalue weighted by Crippen LogP contribution is -2.22. The molecule has 1 N–H and O–H groups in total. The number of amides is 1. The van der Waals surface area contributed by atoms with Crippen molar-refractivity contribution in [2.24, 2.45) is 0 Å². The Bertz CT molecular complexity index is 525.